The maximum atomic E-state index is 6.16. The second kappa shape index (κ2) is 4.44. The summed E-state index contributed by atoms with van der Waals surface area (Å²) in [6.45, 7) is 0.671. The molecule has 1 heterocycles. The fourth-order valence-electron chi connectivity index (χ4n) is 1.75. The molecule has 15 heavy (non-hydrogen) atoms. The monoisotopic (exact) mass is 242 g/mol. The average molecular weight is 243 g/mol. The van der Waals surface area contributed by atoms with Crippen molar-refractivity contribution in [2.75, 3.05) is 6.54 Å². The van der Waals surface area contributed by atoms with Crippen molar-refractivity contribution in [1.29, 1.82) is 0 Å². The first kappa shape index (κ1) is 10.8. The maximum Gasteiger partial charge on any atom is 0.0662 e. The Hall–Kier alpha value is -0.700. The Morgan fingerprint density at radius 2 is 2.07 bits per heavy atom. The van der Waals surface area contributed by atoms with E-state index in [0.29, 0.717) is 11.6 Å². The molecule has 0 aliphatic heterocycles. The zero-order valence-corrected chi connectivity index (χ0v) is 9.70. The molecular formula is C11H12Cl2N2. The molecule has 2 nitrogen and oxygen atoms in total. The highest BCUT2D eigenvalue weighted by Crippen LogP contribution is 2.32. The Morgan fingerprint density at radius 1 is 1.27 bits per heavy atom. The minimum atomic E-state index is 0.663. The molecule has 80 valence electrons. The van der Waals surface area contributed by atoms with Crippen LogP contribution < -0.4 is 5.73 Å². The fraction of sp³-hybridized carbons (Fsp3) is 0.273. The summed E-state index contributed by atoms with van der Waals surface area (Å²) in [7, 11) is 0. The van der Waals surface area contributed by atoms with E-state index >= 15 is 0 Å². The van der Waals surface area contributed by atoms with Crippen LogP contribution in [0.25, 0.3) is 10.9 Å². The molecule has 0 aliphatic rings. The minimum absolute atomic E-state index is 0.663. The summed E-state index contributed by atoms with van der Waals surface area (Å²) < 4.78 is 0. The fourth-order valence-corrected chi connectivity index (χ4v) is 2.38. The number of hydrogen-bond donors (Lipinski definition) is 2. The van der Waals surface area contributed by atoms with E-state index in [1.165, 1.54) is 0 Å². The molecule has 2 aromatic rings. The largest absolute Gasteiger partial charge is 0.360 e. The van der Waals surface area contributed by atoms with Gasteiger partial charge in [-0.2, -0.15) is 0 Å². The molecule has 0 bridgehead atoms. The van der Waals surface area contributed by atoms with E-state index in [1.54, 1.807) is 6.07 Å². The third-order valence-corrected chi connectivity index (χ3v) is 3.12. The molecule has 1 aromatic carbocycles. The first-order valence-corrected chi connectivity index (χ1v) is 5.63. The highest BCUT2D eigenvalue weighted by atomic mass is 35.5. The van der Waals surface area contributed by atoms with Crippen LogP contribution in [-0.4, -0.2) is 11.5 Å². The van der Waals surface area contributed by atoms with E-state index in [9.17, 15) is 0 Å². The normalized spacial score (nSPS) is 11.1. The number of benzene rings is 1. The van der Waals surface area contributed by atoms with Gasteiger partial charge in [0.05, 0.1) is 10.5 Å². The second-order valence-corrected chi connectivity index (χ2v) is 4.29. The molecule has 0 spiro atoms. The number of aromatic amines is 1. The molecule has 3 N–H and O–H groups in total. The highest BCUT2D eigenvalue weighted by Gasteiger charge is 2.10. The lowest BCUT2D eigenvalue weighted by Crippen LogP contribution is -2.01. The lowest BCUT2D eigenvalue weighted by atomic mass is 10.1. The predicted octanol–water partition coefficient (Wildman–Crippen LogP) is 3.37. The molecule has 0 amide bonds. The van der Waals surface area contributed by atoms with Crippen molar-refractivity contribution in [2.45, 2.75) is 12.8 Å². The minimum Gasteiger partial charge on any atom is -0.360 e. The van der Waals surface area contributed by atoms with Crippen LogP contribution >= 0.6 is 23.2 Å². The van der Waals surface area contributed by atoms with Gasteiger partial charge in [-0.3, -0.25) is 0 Å². The van der Waals surface area contributed by atoms with Gasteiger partial charge in [0.25, 0.3) is 0 Å². The van der Waals surface area contributed by atoms with Crippen LogP contribution in [0.4, 0.5) is 0 Å². The SMILES string of the molecule is NCCCc1c(Cl)cc(Cl)c2[nH]ccc12. The number of aryl methyl sites for hydroxylation is 1. The molecular weight excluding hydrogens is 231 g/mol. The van der Waals surface area contributed by atoms with Crippen molar-refractivity contribution in [3.63, 3.8) is 0 Å². The predicted molar refractivity (Wildman–Crippen MR) is 65.7 cm³/mol. The molecule has 0 unspecified atom stereocenters. The highest BCUT2D eigenvalue weighted by molar-refractivity contribution is 6.39. The Bertz CT molecular complexity index is 477. The molecule has 0 aliphatic carbocycles. The topological polar surface area (TPSA) is 41.8 Å². The van der Waals surface area contributed by atoms with Crippen LogP contribution in [0, 0.1) is 0 Å². The number of fused-ring (bicyclic) bond motifs is 1. The van der Waals surface area contributed by atoms with Gasteiger partial charge < -0.3 is 10.7 Å². The summed E-state index contributed by atoms with van der Waals surface area (Å²) in [5.74, 6) is 0. The second-order valence-electron chi connectivity index (χ2n) is 3.48. The van der Waals surface area contributed by atoms with Crippen molar-refractivity contribution in [2.24, 2.45) is 5.73 Å². The van der Waals surface area contributed by atoms with E-state index in [1.807, 2.05) is 12.3 Å². The maximum absolute atomic E-state index is 6.16. The summed E-state index contributed by atoms with van der Waals surface area (Å²) in [5, 5.41) is 2.48. The van der Waals surface area contributed by atoms with Gasteiger partial charge in [0, 0.05) is 16.6 Å². The zero-order valence-electron chi connectivity index (χ0n) is 8.19. The van der Waals surface area contributed by atoms with Crippen LogP contribution in [0.3, 0.4) is 0 Å². The summed E-state index contributed by atoms with van der Waals surface area (Å²) in [6, 6.07) is 3.78. The van der Waals surface area contributed by atoms with Crippen molar-refractivity contribution in [1.82, 2.24) is 4.98 Å². The van der Waals surface area contributed by atoms with Gasteiger partial charge in [0.15, 0.2) is 0 Å². The number of rotatable bonds is 3. The lowest BCUT2D eigenvalue weighted by molar-refractivity contribution is 0.837. The van der Waals surface area contributed by atoms with Crippen LogP contribution in [0.1, 0.15) is 12.0 Å². The molecule has 1 aromatic heterocycles. The number of H-pyrrole nitrogens is 1. The molecule has 2 rings (SSSR count). The van der Waals surface area contributed by atoms with Crippen molar-refractivity contribution in [3.8, 4) is 0 Å². The summed E-state index contributed by atoms with van der Waals surface area (Å²) in [6.07, 6.45) is 3.70. The smallest absolute Gasteiger partial charge is 0.0662 e. The Morgan fingerprint density at radius 3 is 2.80 bits per heavy atom. The molecule has 0 radical (unpaired) electrons. The molecule has 4 heteroatoms. The molecule has 0 fully saturated rings. The van der Waals surface area contributed by atoms with Gasteiger partial charge in [-0.1, -0.05) is 23.2 Å². The Labute approximate surface area is 98.4 Å². The summed E-state index contributed by atoms with van der Waals surface area (Å²) in [4.78, 5) is 3.11. The van der Waals surface area contributed by atoms with Gasteiger partial charge in [0.1, 0.15) is 0 Å². The van der Waals surface area contributed by atoms with Crippen LogP contribution in [0.5, 0.6) is 0 Å². The van der Waals surface area contributed by atoms with E-state index in [0.717, 1.165) is 34.3 Å². The van der Waals surface area contributed by atoms with Crippen molar-refractivity contribution < 1.29 is 0 Å². The van der Waals surface area contributed by atoms with Gasteiger partial charge in [-0.15, -0.1) is 0 Å². The van der Waals surface area contributed by atoms with Gasteiger partial charge >= 0.3 is 0 Å². The van der Waals surface area contributed by atoms with Crippen LogP contribution in [0.15, 0.2) is 18.3 Å². The lowest BCUT2D eigenvalue weighted by Gasteiger charge is -2.06. The third-order valence-electron chi connectivity index (χ3n) is 2.48. The number of nitrogens with two attached hydrogens (primary N) is 1. The zero-order chi connectivity index (χ0) is 10.8. The van der Waals surface area contributed by atoms with E-state index in [-0.39, 0.29) is 0 Å². The van der Waals surface area contributed by atoms with E-state index in [4.69, 9.17) is 28.9 Å². The number of nitrogens with one attached hydrogen (secondary N) is 1. The first-order chi connectivity index (χ1) is 7.24. The molecule has 0 saturated carbocycles. The first-order valence-electron chi connectivity index (χ1n) is 4.88. The van der Waals surface area contributed by atoms with Crippen molar-refractivity contribution in [3.05, 3.63) is 33.9 Å². The Balaban J connectivity index is 2.55. The standard InChI is InChI=1S/C11H12Cl2N2/c12-9-6-10(13)11-8(3-5-15-11)7(9)2-1-4-14/h3,5-6,15H,1-2,4,14H2. The number of aromatic nitrogens is 1. The summed E-state index contributed by atoms with van der Waals surface area (Å²) >= 11 is 12.2. The summed E-state index contributed by atoms with van der Waals surface area (Å²) in [5.41, 5.74) is 7.58. The van der Waals surface area contributed by atoms with Crippen LogP contribution in [0.2, 0.25) is 10.0 Å². The van der Waals surface area contributed by atoms with Crippen molar-refractivity contribution >= 4 is 34.1 Å². The quantitative estimate of drug-likeness (QED) is 0.852. The number of hydrogen-bond acceptors (Lipinski definition) is 1. The van der Waals surface area contributed by atoms with E-state index in [2.05, 4.69) is 4.98 Å². The molecule has 0 atom stereocenters. The van der Waals surface area contributed by atoms with Gasteiger partial charge in [-0.05, 0) is 37.1 Å². The average Bonchev–Trinajstić information content (AvgIpc) is 2.66. The molecule has 0 saturated heterocycles. The van der Waals surface area contributed by atoms with Gasteiger partial charge in [0.2, 0.25) is 0 Å². The van der Waals surface area contributed by atoms with Crippen LogP contribution in [-0.2, 0) is 6.42 Å². The van der Waals surface area contributed by atoms with Gasteiger partial charge in [-0.25, -0.2) is 0 Å². The Kier molecular flexibility index (Phi) is 3.19. The third kappa shape index (κ3) is 1.98. The van der Waals surface area contributed by atoms with E-state index < -0.39 is 0 Å². The number of halogens is 2.